The predicted octanol–water partition coefficient (Wildman–Crippen LogP) is 1.45. The summed E-state index contributed by atoms with van der Waals surface area (Å²) in [4.78, 5) is 0. The summed E-state index contributed by atoms with van der Waals surface area (Å²) in [7, 11) is 1.80. The minimum absolute atomic E-state index is 0.362. The third kappa shape index (κ3) is 2.91. The van der Waals surface area contributed by atoms with Gasteiger partial charge in [-0.1, -0.05) is 0 Å². The second kappa shape index (κ2) is 5.24. The first-order valence-corrected chi connectivity index (χ1v) is 5.48. The van der Waals surface area contributed by atoms with Crippen molar-refractivity contribution in [1.82, 2.24) is 15.2 Å². The smallest absolute Gasteiger partial charge is 0.126 e. The van der Waals surface area contributed by atoms with Crippen molar-refractivity contribution in [3.05, 3.63) is 53.4 Å². The van der Waals surface area contributed by atoms with Crippen molar-refractivity contribution in [3.63, 3.8) is 0 Å². The molecule has 1 aromatic carbocycles. The zero-order chi connectivity index (χ0) is 13.1. The molecule has 4 nitrogen and oxygen atoms in total. The number of halogens is 2. The summed E-state index contributed by atoms with van der Waals surface area (Å²) in [5.74, 6) is 4.21. The Bertz CT molecular complexity index is 518. The first kappa shape index (κ1) is 12.7. The van der Waals surface area contributed by atoms with Crippen LogP contribution in [0.1, 0.15) is 17.2 Å². The van der Waals surface area contributed by atoms with Crippen LogP contribution in [0.5, 0.6) is 0 Å². The molecule has 2 aromatic rings. The molecule has 0 saturated heterocycles. The van der Waals surface area contributed by atoms with Crippen molar-refractivity contribution in [2.75, 3.05) is 0 Å². The van der Waals surface area contributed by atoms with E-state index in [0.29, 0.717) is 12.0 Å². The Morgan fingerprint density at radius 2 is 2.00 bits per heavy atom. The predicted molar refractivity (Wildman–Crippen MR) is 63.3 cm³/mol. The van der Waals surface area contributed by atoms with Crippen LogP contribution < -0.4 is 11.3 Å². The van der Waals surface area contributed by atoms with Gasteiger partial charge in [-0.25, -0.2) is 8.78 Å². The van der Waals surface area contributed by atoms with Crippen LogP contribution in [0.25, 0.3) is 0 Å². The van der Waals surface area contributed by atoms with Crippen molar-refractivity contribution < 1.29 is 8.78 Å². The van der Waals surface area contributed by atoms with Crippen LogP contribution in [0.15, 0.2) is 30.6 Å². The molecule has 1 atom stereocenters. The number of nitrogens with two attached hydrogens (primary N) is 1. The van der Waals surface area contributed by atoms with E-state index in [4.69, 9.17) is 5.84 Å². The van der Waals surface area contributed by atoms with Gasteiger partial charge in [-0.15, -0.1) is 0 Å². The fourth-order valence-electron chi connectivity index (χ4n) is 1.86. The van der Waals surface area contributed by atoms with Gasteiger partial charge in [-0.3, -0.25) is 16.0 Å². The largest absolute Gasteiger partial charge is 0.276 e. The van der Waals surface area contributed by atoms with E-state index in [0.717, 1.165) is 11.6 Å². The van der Waals surface area contributed by atoms with E-state index < -0.39 is 11.6 Å². The number of hydrazine groups is 1. The van der Waals surface area contributed by atoms with E-state index >= 15 is 0 Å². The zero-order valence-corrected chi connectivity index (χ0v) is 9.90. The van der Waals surface area contributed by atoms with Gasteiger partial charge in [-0.05, 0) is 29.7 Å². The quantitative estimate of drug-likeness (QED) is 0.639. The molecule has 0 bridgehead atoms. The number of rotatable bonds is 4. The van der Waals surface area contributed by atoms with Crippen molar-refractivity contribution in [2.24, 2.45) is 12.9 Å². The van der Waals surface area contributed by atoms with E-state index in [1.54, 1.807) is 17.9 Å². The number of benzene rings is 1. The molecule has 0 aliphatic rings. The number of nitrogens with one attached hydrogen (secondary N) is 1. The summed E-state index contributed by atoms with van der Waals surface area (Å²) in [6.45, 7) is 0. The summed E-state index contributed by atoms with van der Waals surface area (Å²) >= 11 is 0. The van der Waals surface area contributed by atoms with Gasteiger partial charge in [0.2, 0.25) is 0 Å². The Labute approximate surface area is 103 Å². The summed E-state index contributed by atoms with van der Waals surface area (Å²) in [5.41, 5.74) is 3.97. The molecule has 0 saturated carbocycles. The molecule has 0 aliphatic carbocycles. The molecule has 1 unspecified atom stereocenters. The topological polar surface area (TPSA) is 55.9 Å². The average Bonchev–Trinajstić information content (AvgIpc) is 2.70. The molecule has 96 valence electrons. The number of hydrogen-bond donors (Lipinski definition) is 2. The van der Waals surface area contributed by atoms with Crippen LogP contribution in [0, 0.1) is 11.6 Å². The third-order valence-corrected chi connectivity index (χ3v) is 2.69. The average molecular weight is 252 g/mol. The Kier molecular flexibility index (Phi) is 3.69. The van der Waals surface area contributed by atoms with Crippen molar-refractivity contribution in [1.29, 1.82) is 0 Å². The normalized spacial score (nSPS) is 12.7. The molecule has 0 aliphatic heterocycles. The number of nitrogens with zero attached hydrogens (tertiary/aromatic N) is 2. The molecule has 2 rings (SSSR count). The highest BCUT2D eigenvalue weighted by Gasteiger charge is 2.13. The lowest BCUT2D eigenvalue weighted by Crippen LogP contribution is -2.29. The summed E-state index contributed by atoms with van der Waals surface area (Å²) in [5, 5.41) is 4.03. The second-order valence-corrected chi connectivity index (χ2v) is 4.15. The van der Waals surface area contributed by atoms with Crippen molar-refractivity contribution in [2.45, 2.75) is 12.5 Å². The van der Waals surface area contributed by atoms with Gasteiger partial charge in [0.15, 0.2) is 0 Å². The molecular weight excluding hydrogens is 238 g/mol. The van der Waals surface area contributed by atoms with Crippen LogP contribution in [0.4, 0.5) is 8.78 Å². The Morgan fingerprint density at radius 3 is 2.50 bits per heavy atom. The number of aromatic nitrogens is 2. The maximum Gasteiger partial charge on any atom is 0.126 e. The standard InChI is InChI=1S/C12H14F2N4/c1-18-7-8(6-16-18)2-12(17-15)9-3-10(13)5-11(14)4-9/h3-7,12,17H,2,15H2,1H3. The maximum atomic E-state index is 13.1. The number of aryl methyl sites for hydroxylation is 1. The fourth-order valence-corrected chi connectivity index (χ4v) is 1.86. The molecule has 0 fully saturated rings. The van der Waals surface area contributed by atoms with Crippen LogP contribution in [-0.4, -0.2) is 9.78 Å². The van der Waals surface area contributed by atoms with Crippen LogP contribution in [0.3, 0.4) is 0 Å². The lowest BCUT2D eigenvalue weighted by atomic mass is 10.0. The van der Waals surface area contributed by atoms with E-state index in [9.17, 15) is 8.78 Å². The molecule has 6 heteroatoms. The second-order valence-electron chi connectivity index (χ2n) is 4.15. The molecular formula is C12H14F2N4. The maximum absolute atomic E-state index is 13.1. The zero-order valence-electron chi connectivity index (χ0n) is 9.90. The summed E-state index contributed by atoms with van der Waals surface area (Å²) in [6.07, 6.45) is 4.03. The van der Waals surface area contributed by atoms with E-state index in [1.807, 2.05) is 6.20 Å². The minimum atomic E-state index is -0.614. The molecule has 3 N–H and O–H groups in total. The van der Waals surface area contributed by atoms with Gasteiger partial charge < -0.3 is 0 Å². The summed E-state index contributed by atoms with van der Waals surface area (Å²) in [6, 6.07) is 3.01. The molecule has 0 spiro atoms. The highest BCUT2D eigenvalue weighted by Crippen LogP contribution is 2.19. The van der Waals surface area contributed by atoms with E-state index in [-0.39, 0.29) is 6.04 Å². The molecule has 0 amide bonds. The Hall–Kier alpha value is -1.79. The van der Waals surface area contributed by atoms with Gasteiger partial charge in [-0.2, -0.15) is 5.10 Å². The number of hydrogen-bond acceptors (Lipinski definition) is 3. The first-order chi connectivity index (χ1) is 8.58. The van der Waals surface area contributed by atoms with Gasteiger partial charge in [0.05, 0.1) is 12.2 Å². The molecule has 0 radical (unpaired) electrons. The monoisotopic (exact) mass is 252 g/mol. The van der Waals surface area contributed by atoms with Gasteiger partial charge in [0.1, 0.15) is 11.6 Å². The van der Waals surface area contributed by atoms with Crippen LogP contribution in [0.2, 0.25) is 0 Å². The van der Waals surface area contributed by atoms with Gasteiger partial charge >= 0.3 is 0 Å². The third-order valence-electron chi connectivity index (χ3n) is 2.69. The van der Waals surface area contributed by atoms with E-state index in [1.165, 1.54) is 12.1 Å². The highest BCUT2D eigenvalue weighted by atomic mass is 19.1. The van der Waals surface area contributed by atoms with Gasteiger partial charge in [0.25, 0.3) is 0 Å². The minimum Gasteiger partial charge on any atom is -0.276 e. The van der Waals surface area contributed by atoms with Crippen molar-refractivity contribution in [3.8, 4) is 0 Å². The summed E-state index contributed by atoms with van der Waals surface area (Å²) < 4.78 is 27.9. The van der Waals surface area contributed by atoms with Crippen LogP contribution in [-0.2, 0) is 13.5 Å². The Morgan fingerprint density at radius 1 is 1.33 bits per heavy atom. The highest BCUT2D eigenvalue weighted by molar-refractivity contribution is 5.23. The van der Waals surface area contributed by atoms with Gasteiger partial charge in [0, 0.05) is 19.3 Å². The van der Waals surface area contributed by atoms with E-state index in [2.05, 4.69) is 10.5 Å². The van der Waals surface area contributed by atoms with Crippen molar-refractivity contribution >= 4 is 0 Å². The molecule has 1 heterocycles. The lowest BCUT2D eigenvalue weighted by Gasteiger charge is -2.15. The fraction of sp³-hybridized carbons (Fsp3) is 0.250. The lowest BCUT2D eigenvalue weighted by molar-refractivity contribution is 0.530. The molecule has 18 heavy (non-hydrogen) atoms. The SMILES string of the molecule is Cn1cc(CC(NN)c2cc(F)cc(F)c2)cn1. The Balaban J connectivity index is 2.22. The van der Waals surface area contributed by atoms with Crippen LogP contribution >= 0.6 is 0 Å². The first-order valence-electron chi connectivity index (χ1n) is 5.48. The molecule has 1 aromatic heterocycles.